The highest BCUT2D eigenvalue weighted by atomic mass is 16.2. The standard InChI is InChI=1S/C14H18N2O2/c1-10-5-6-12(8-11(10)2)15-13(17)9-16-7-3-4-14(16)18/h5-6,8H,3-4,7,9H2,1-2H3,(H,15,17). The molecule has 1 aromatic rings. The Balaban J connectivity index is 1.94. The Labute approximate surface area is 107 Å². The van der Waals surface area contributed by atoms with Crippen LogP contribution in [0.15, 0.2) is 18.2 Å². The average molecular weight is 246 g/mol. The van der Waals surface area contributed by atoms with Crippen molar-refractivity contribution < 1.29 is 9.59 Å². The van der Waals surface area contributed by atoms with E-state index < -0.39 is 0 Å². The zero-order valence-corrected chi connectivity index (χ0v) is 10.8. The first kappa shape index (κ1) is 12.6. The first-order chi connectivity index (χ1) is 8.56. The lowest BCUT2D eigenvalue weighted by Crippen LogP contribution is -2.33. The van der Waals surface area contributed by atoms with Crippen molar-refractivity contribution in [3.63, 3.8) is 0 Å². The van der Waals surface area contributed by atoms with Crippen molar-refractivity contribution in [2.75, 3.05) is 18.4 Å². The van der Waals surface area contributed by atoms with E-state index in [1.165, 1.54) is 5.56 Å². The van der Waals surface area contributed by atoms with E-state index in [-0.39, 0.29) is 18.4 Å². The second kappa shape index (κ2) is 5.21. The summed E-state index contributed by atoms with van der Waals surface area (Å²) in [6, 6.07) is 5.80. The normalized spacial score (nSPS) is 15.0. The van der Waals surface area contributed by atoms with Gasteiger partial charge in [0.1, 0.15) is 0 Å². The van der Waals surface area contributed by atoms with Gasteiger partial charge in [0.25, 0.3) is 0 Å². The van der Waals surface area contributed by atoms with E-state index in [2.05, 4.69) is 5.32 Å². The van der Waals surface area contributed by atoms with E-state index in [9.17, 15) is 9.59 Å². The number of benzene rings is 1. The van der Waals surface area contributed by atoms with Crippen molar-refractivity contribution >= 4 is 17.5 Å². The van der Waals surface area contributed by atoms with Gasteiger partial charge >= 0.3 is 0 Å². The van der Waals surface area contributed by atoms with Gasteiger partial charge < -0.3 is 10.2 Å². The van der Waals surface area contributed by atoms with Gasteiger partial charge in [-0.2, -0.15) is 0 Å². The molecule has 1 aromatic carbocycles. The Bertz CT molecular complexity index is 483. The molecule has 0 atom stereocenters. The summed E-state index contributed by atoms with van der Waals surface area (Å²) in [5.74, 6) is -0.0567. The molecule has 0 bridgehead atoms. The van der Waals surface area contributed by atoms with Crippen LogP contribution in [0.1, 0.15) is 24.0 Å². The molecule has 0 aliphatic carbocycles. The SMILES string of the molecule is Cc1ccc(NC(=O)CN2CCCC2=O)cc1C. The lowest BCUT2D eigenvalue weighted by molar-refractivity contribution is -0.131. The quantitative estimate of drug-likeness (QED) is 0.885. The predicted octanol–water partition coefficient (Wildman–Crippen LogP) is 1.86. The zero-order valence-electron chi connectivity index (χ0n) is 10.8. The summed E-state index contributed by atoms with van der Waals surface area (Å²) >= 11 is 0. The van der Waals surface area contributed by atoms with Crippen LogP contribution in [0.5, 0.6) is 0 Å². The maximum Gasteiger partial charge on any atom is 0.243 e. The molecule has 1 aliphatic rings. The number of rotatable bonds is 3. The van der Waals surface area contributed by atoms with Crippen molar-refractivity contribution in [2.24, 2.45) is 0 Å². The first-order valence-electron chi connectivity index (χ1n) is 6.21. The first-order valence-corrected chi connectivity index (χ1v) is 6.21. The predicted molar refractivity (Wildman–Crippen MR) is 70.4 cm³/mol. The fourth-order valence-electron chi connectivity index (χ4n) is 2.06. The van der Waals surface area contributed by atoms with Gasteiger partial charge in [0.2, 0.25) is 11.8 Å². The number of likely N-dealkylation sites (tertiary alicyclic amines) is 1. The minimum atomic E-state index is -0.131. The summed E-state index contributed by atoms with van der Waals surface area (Å²) in [6.07, 6.45) is 1.42. The van der Waals surface area contributed by atoms with Crippen LogP contribution in [0.4, 0.5) is 5.69 Å². The Morgan fingerprint density at radius 3 is 2.72 bits per heavy atom. The third-order valence-corrected chi connectivity index (χ3v) is 3.30. The molecule has 0 spiro atoms. The van der Waals surface area contributed by atoms with E-state index in [0.29, 0.717) is 13.0 Å². The summed E-state index contributed by atoms with van der Waals surface area (Å²) < 4.78 is 0. The van der Waals surface area contributed by atoms with Gasteiger partial charge in [-0.15, -0.1) is 0 Å². The van der Waals surface area contributed by atoms with Gasteiger partial charge in [-0.1, -0.05) is 6.07 Å². The Morgan fingerprint density at radius 1 is 1.33 bits per heavy atom. The van der Waals surface area contributed by atoms with Crippen LogP contribution < -0.4 is 5.32 Å². The van der Waals surface area contributed by atoms with E-state index in [4.69, 9.17) is 0 Å². The van der Waals surface area contributed by atoms with Gasteiger partial charge in [0.05, 0.1) is 6.54 Å². The molecule has 0 radical (unpaired) electrons. The number of nitrogens with zero attached hydrogens (tertiary/aromatic N) is 1. The molecule has 1 fully saturated rings. The van der Waals surface area contributed by atoms with Crippen LogP contribution in [0.3, 0.4) is 0 Å². The number of anilines is 1. The molecular formula is C14H18N2O2. The second-order valence-electron chi connectivity index (χ2n) is 4.77. The van der Waals surface area contributed by atoms with Crippen molar-refractivity contribution in [3.8, 4) is 0 Å². The molecule has 2 amide bonds. The molecule has 1 heterocycles. The number of nitrogens with one attached hydrogen (secondary N) is 1. The maximum absolute atomic E-state index is 11.8. The molecule has 4 nitrogen and oxygen atoms in total. The molecule has 0 unspecified atom stereocenters. The Hall–Kier alpha value is -1.84. The van der Waals surface area contributed by atoms with Crippen molar-refractivity contribution in [3.05, 3.63) is 29.3 Å². The highest BCUT2D eigenvalue weighted by molar-refractivity contribution is 5.94. The fraction of sp³-hybridized carbons (Fsp3) is 0.429. The second-order valence-corrected chi connectivity index (χ2v) is 4.77. The number of hydrogen-bond acceptors (Lipinski definition) is 2. The largest absolute Gasteiger partial charge is 0.333 e. The van der Waals surface area contributed by atoms with Crippen LogP contribution in [0, 0.1) is 13.8 Å². The van der Waals surface area contributed by atoms with Crippen LogP contribution >= 0.6 is 0 Å². The summed E-state index contributed by atoms with van der Waals surface area (Å²) in [5.41, 5.74) is 3.13. The molecular weight excluding hydrogens is 228 g/mol. The molecule has 0 saturated carbocycles. The van der Waals surface area contributed by atoms with Gasteiger partial charge in [0.15, 0.2) is 0 Å². The Morgan fingerprint density at radius 2 is 2.11 bits per heavy atom. The molecule has 1 saturated heterocycles. The van der Waals surface area contributed by atoms with Crippen molar-refractivity contribution in [2.45, 2.75) is 26.7 Å². The van der Waals surface area contributed by atoms with Crippen molar-refractivity contribution in [1.29, 1.82) is 0 Å². The average Bonchev–Trinajstić information content (AvgIpc) is 2.70. The number of carbonyl (C=O) groups is 2. The van der Waals surface area contributed by atoms with Crippen LogP contribution in [-0.2, 0) is 9.59 Å². The molecule has 4 heteroatoms. The zero-order chi connectivity index (χ0) is 13.1. The molecule has 1 aliphatic heterocycles. The van der Waals surface area contributed by atoms with Crippen molar-refractivity contribution in [1.82, 2.24) is 4.90 Å². The summed E-state index contributed by atoms with van der Waals surface area (Å²) in [6.45, 7) is 4.89. The van der Waals surface area contributed by atoms with E-state index in [0.717, 1.165) is 17.7 Å². The third-order valence-electron chi connectivity index (χ3n) is 3.30. The molecule has 1 N–H and O–H groups in total. The third kappa shape index (κ3) is 2.88. The van der Waals surface area contributed by atoms with Gasteiger partial charge in [0, 0.05) is 18.7 Å². The minimum absolute atomic E-state index is 0.0743. The molecule has 0 aromatic heterocycles. The number of aryl methyl sites for hydroxylation is 2. The summed E-state index contributed by atoms with van der Waals surface area (Å²) in [5, 5.41) is 2.82. The monoisotopic (exact) mass is 246 g/mol. The number of carbonyl (C=O) groups excluding carboxylic acids is 2. The number of amides is 2. The van der Waals surface area contributed by atoms with Gasteiger partial charge in [-0.3, -0.25) is 9.59 Å². The molecule has 18 heavy (non-hydrogen) atoms. The van der Waals surface area contributed by atoms with Gasteiger partial charge in [-0.05, 0) is 43.5 Å². The topological polar surface area (TPSA) is 49.4 Å². The summed E-state index contributed by atoms with van der Waals surface area (Å²) in [7, 11) is 0. The highest BCUT2D eigenvalue weighted by Crippen LogP contribution is 2.14. The Kier molecular flexibility index (Phi) is 3.65. The van der Waals surface area contributed by atoms with E-state index in [1.54, 1.807) is 4.90 Å². The maximum atomic E-state index is 11.8. The van der Waals surface area contributed by atoms with Crippen LogP contribution in [-0.4, -0.2) is 29.8 Å². The molecule has 96 valence electrons. The smallest absolute Gasteiger partial charge is 0.243 e. The number of hydrogen-bond donors (Lipinski definition) is 1. The van der Waals surface area contributed by atoms with E-state index >= 15 is 0 Å². The van der Waals surface area contributed by atoms with Gasteiger partial charge in [-0.25, -0.2) is 0 Å². The minimum Gasteiger partial charge on any atom is -0.333 e. The molecule has 2 rings (SSSR count). The summed E-state index contributed by atoms with van der Waals surface area (Å²) in [4.78, 5) is 24.8. The highest BCUT2D eigenvalue weighted by Gasteiger charge is 2.22. The fourth-order valence-corrected chi connectivity index (χ4v) is 2.06. The van der Waals surface area contributed by atoms with Crippen LogP contribution in [0.25, 0.3) is 0 Å². The lowest BCUT2D eigenvalue weighted by Gasteiger charge is -2.15. The van der Waals surface area contributed by atoms with Crippen LogP contribution in [0.2, 0.25) is 0 Å². The van der Waals surface area contributed by atoms with E-state index in [1.807, 2.05) is 32.0 Å². The lowest BCUT2D eigenvalue weighted by atomic mass is 10.1.